The zero-order chi connectivity index (χ0) is 13.4. The molecule has 96 valence electrons. The summed E-state index contributed by atoms with van der Waals surface area (Å²) in [5.74, 6) is 1.93. The maximum atomic E-state index is 5.88. The summed E-state index contributed by atoms with van der Waals surface area (Å²) in [4.78, 5) is 4.25. The van der Waals surface area contributed by atoms with Gasteiger partial charge in [0, 0.05) is 11.9 Å². The molecule has 0 aliphatic carbocycles. The normalized spacial score (nSPS) is 21.7. The number of aryl methyl sites for hydroxylation is 1. The molecule has 1 aliphatic heterocycles. The third kappa shape index (κ3) is 2.65. The van der Waals surface area contributed by atoms with Crippen LogP contribution in [0.3, 0.4) is 0 Å². The molecule has 4 heteroatoms. The predicted molar refractivity (Wildman–Crippen MR) is 74.1 cm³/mol. The smallest absolute Gasteiger partial charge is 0.400 e. The van der Waals surface area contributed by atoms with Crippen LogP contribution >= 0.6 is 0 Å². The molecule has 1 aromatic rings. The SMILES string of the molecule is Cc1ccc(C=CB2OC(C)(C)C(C)(C)O2)cn1. The van der Waals surface area contributed by atoms with Crippen LogP contribution in [0.25, 0.3) is 6.08 Å². The second-order valence-electron chi connectivity index (χ2n) is 5.72. The summed E-state index contributed by atoms with van der Waals surface area (Å²) in [6.45, 7) is 10.2. The highest BCUT2D eigenvalue weighted by atomic mass is 16.7. The first-order valence-corrected chi connectivity index (χ1v) is 6.27. The van der Waals surface area contributed by atoms with Gasteiger partial charge in [-0.2, -0.15) is 0 Å². The van der Waals surface area contributed by atoms with Crippen molar-refractivity contribution in [3.8, 4) is 0 Å². The molecule has 18 heavy (non-hydrogen) atoms. The van der Waals surface area contributed by atoms with Crippen LogP contribution in [0, 0.1) is 6.92 Å². The highest BCUT2D eigenvalue weighted by molar-refractivity contribution is 6.52. The Morgan fingerprint density at radius 2 is 1.72 bits per heavy atom. The van der Waals surface area contributed by atoms with E-state index < -0.39 is 0 Å². The van der Waals surface area contributed by atoms with E-state index in [4.69, 9.17) is 9.31 Å². The Labute approximate surface area is 109 Å². The monoisotopic (exact) mass is 245 g/mol. The maximum absolute atomic E-state index is 5.88. The Morgan fingerprint density at radius 3 is 2.22 bits per heavy atom. The molecule has 0 N–H and O–H groups in total. The van der Waals surface area contributed by atoms with Gasteiger partial charge in [0.25, 0.3) is 0 Å². The van der Waals surface area contributed by atoms with Crippen molar-refractivity contribution >= 4 is 13.2 Å². The second-order valence-corrected chi connectivity index (χ2v) is 5.72. The van der Waals surface area contributed by atoms with Gasteiger partial charge in [-0.25, -0.2) is 0 Å². The van der Waals surface area contributed by atoms with Gasteiger partial charge in [-0.05, 0) is 46.2 Å². The molecule has 0 atom stereocenters. The number of pyridine rings is 1. The lowest BCUT2D eigenvalue weighted by Gasteiger charge is -2.32. The lowest BCUT2D eigenvalue weighted by atomic mass is 9.89. The largest absolute Gasteiger partial charge is 0.487 e. The van der Waals surface area contributed by atoms with Crippen LogP contribution in [0.1, 0.15) is 39.0 Å². The summed E-state index contributed by atoms with van der Waals surface area (Å²) in [5, 5.41) is 0. The topological polar surface area (TPSA) is 31.4 Å². The first kappa shape index (κ1) is 13.3. The quantitative estimate of drug-likeness (QED) is 0.750. The fourth-order valence-electron chi connectivity index (χ4n) is 1.73. The Balaban J connectivity index is 2.06. The van der Waals surface area contributed by atoms with Gasteiger partial charge in [-0.1, -0.05) is 18.1 Å². The maximum Gasteiger partial charge on any atom is 0.487 e. The minimum atomic E-state index is -0.295. The fourth-order valence-corrected chi connectivity index (χ4v) is 1.73. The number of hydrogen-bond acceptors (Lipinski definition) is 3. The van der Waals surface area contributed by atoms with Crippen LogP contribution in [0.5, 0.6) is 0 Å². The molecule has 0 amide bonds. The van der Waals surface area contributed by atoms with Gasteiger partial charge in [0.1, 0.15) is 0 Å². The predicted octanol–water partition coefficient (Wildman–Crippen LogP) is 3.03. The van der Waals surface area contributed by atoms with Crippen LogP contribution in [0.2, 0.25) is 0 Å². The van der Waals surface area contributed by atoms with Crippen molar-refractivity contribution in [3.63, 3.8) is 0 Å². The molecule has 0 unspecified atom stereocenters. The van der Waals surface area contributed by atoms with Gasteiger partial charge >= 0.3 is 7.12 Å². The molecule has 2 heterocycles. The summed E-state index contributed by atoms with van der Waals surface area (Å²) >= 11 is 0. The number of rotatable bonds is 2. The van der Waals surface area contributed by atoms with Gasteiger partial charge in [0.2, 0.25) is 0 Å². The van der Waals surface area contributed by atoms with Gasteiger partial charge < -0.3 is 9.31 Å². The van der Waals surface area contributed by atoms with Crippen molar-refractivity contribution in [2.45, 2.75) is 45.8 Å². The Morgan fingerprint density at radius 1 is 1.11 bits per heavy atom. The molecule has 1 saturated heterocycles. The van der Waals surface area contributed by atoms with E-state index in [1.54, 1.807) is 0 Å². The van der Waals surface area contributed by atoms with Crippen LogP contribution in [0.4, 0.5) is 0 Å². The average Bonchev–Trinajstić information content (AvgIpc) is 2.47. The summed E-state index contributed by atoms with van der Waals surface area (Å²) in [7, 11) is -0.295. The minimum Gasteiger partial charge on any atom is -0.400 e. The first-order valence-electron chi connectivity index (χ1n) is 6.27. The molecule has 3 nitrogen and oxygen atoms in total. The molecule has 1 fully saturated rings. The van der Waals surface area contributed by atoms with Crippen LogP contribution in [0.15, 0.2) is 24.3 Å². The summed E-state index contributed by atoms with van der Waals surface area (Å²) < 4.78 is 11.8. The van der Waals surface area contributed by atoms with E-state index in [0.29, 0.717) is 0 Å². The highest BCUT2D eigenvalue weighted by Gasteiger charge is 2.49. The molecule has 1 aliphatic rings. The highest BCUT2D eigenvalue weighted by Crippen LogP contribution is 2.36. The molecule has 1 aromatic heterocycles. The third-order valence-electron chi connectivity index (χ3n) is 3.65. The van der Waals surface area contributed by atoms with Crippen molar-refractivity contribution in [2.75, 3.05) is 0 Å². The molecular weight excluding hydrogens is 225 g/mol. The molecular formula is C14H20BNO2. The van der Waals surface area contributed by atoms with Crippen LogP contribution in [-0.2, 0) is 9.31 Å². The van der Waals surface area contributed by atoms with Crippen molar-refractivity contribution in [1.29, 1.82) is 0 Å². The minimum absolute atomic E-state index is 0.284. The molecule has 0 spiro atoms. The van der Waals surface area contributed by atoms with Crippen molar-refractivity contribution in [1.82, 2.24) is 4.98 Å². The van der Waals surface area contributed by atoms with Crippen molar-refractivity contribution in [2.24, 2.45) is 0 Å². The summed E-state index contributed by atoms with van der Waals surface area (Å²) in [5.41, 5.74) is 1.50. The fraction of sp³-hybridized carbons (Fsp3) is 0.500. The zero-order valence-corrected chi connectivity index (χ0v) is 11.7. The lowest BCUT2D eigenvalue weighted by molar-refractivity contribution is 0.00578. The molecule has 0 aromatic carbocycles. The lowest BCUT2D eigenvalue weighted by Crippen LogP contribution is -2.41. The van der Waals surface area contributed by atoms with E-state index in [-0.39, 0.29) is 18.3 Å². The summed E-state index contributed by atoms with van der Waals surface area (Å²) in [6, 6.07) is 4.02. The molecule has 2 rings (SSSR count). The number of hydrogen-bond donors (Lipinski definition) is 0. The molecule has 0 saturated carbocycles. The Kier molecular flexibility index (Phi) is 3.34. The van der Waals surface area contributed by atoms with E-state index in [1.165, 1.54) is 0 Å². The zero-order valence-electron chi connectivity index (χ0n) is 11.7. The van der Waals surface area contributed by atoms with Crippen LogP contribution < -0.4 is 0 Å². The molecule has 0 bridgehead atoms. The van der Waals surface area contributed by atoms with Gasteiger partial charge in [0.15, 0.2) is 0 Å². The summed E-state index contributed by atoms with van der Waals surface area (Å²) in [6.07, 6.45) is 3.83. The number of aromatic nitrogens is 1. The second kappa shape index (κ2) is 4.52. The third-order valence-corrected chi connectivity index (χ3v) is 3.65. The Bertz CT molecular complexity index is 435. The molecule has 0 radical (unpaired) electrons. The van der Waals surface area contributed by atoms with E-state index in [0.717, 1.165) is 11.3 Å². The van der Waals surface area contributed by atoms with E-state index in [1.807, 2.05) is 65.0 Å². The van der Waals surface area contributed by atoms with Crippen LogP contribution in [-0.4, -0.2) is 23.3 Å². The van der Waals surface area contributed by atoms with Gasteiger partial charge in [-0.15, -0.1) is 0 Å². The number of nitrogens with zero attached hydrogens (tertiary/aromatic N) is 1. The van der Waals surface area contributed by atoms with E-state index in [9.17, 15) is 0 Å². The standard InChI is InChI=1S/C14H20BNO2/c1-11-6-7-12(10-16-11)8-9-15-17-13(2,3)14(4,5)18-15/h6-10H,1-5H3. The van der Waals surface area contributed by atoms with E-state index in [2.05, 4.69) is 4.98 Å². The van der Waals surface area contributed by atoms with E-state index >= 15 is 0 Å². The van der Waals surface area contributed by atoms with Crippen molar-refractivity contribution < 1.29 is 9.31 Å². The van der Waals surface area contributed by atoms with Gasteiger partial charge in [-0.3, -0.25) is 4.98 Å². The van der Waals surface area contributed by atoms with Crippen molar-refractivity contribution in [3.05, 3.63) is 35.6 Å². The average molecular weight is 245 g/mol. The van der Waals surface area contributed by atoms with Gasteiger partial charge in [0.05, 0.1) is 11.2 Å². The first-order chi connectivity index (χ1) is 8.30. The Hall–Kier alpha value is -1.13.